The fourth-order valence-corrected chi connectivity index (χ4v) is 3.36. The lowest BCUT2D eigenvalue weighted by atomic mass is 10.2. The molecule has 0 bridgehead atoms. The van der Waals surface area contributed by atoms with Crippen LogP contribution in [0.5, 0.6) is 0 Å². The number of halogens is 1. The molecule has 1 aliphatic heterocycles. The zero-order chi connectivity index (χ0) is 14.7. The normalized spacial score (nSPS) is 16.2. The molecule has 5 nitrogen and oxygen atoms in total. The van der Waals surface area contributed by atoms with Crippen LogP contribution in [0.15, 0.2) is 18.2 Å². The third kappa shape index (κ3) is 3.71. The molecule has 21 heavy (non-hydrogen) atoms. The largest absolute Gasteiger partial charge is 0.379 e. The van der Waals surface area contributed by atoms with Crippen LogP contribution in [0.2, 0.25) is 4.47 Å². The zero-order valence-corrected chi connectivity index (χ0v) is 13.0. The highest BCUT2D eigenvalue weighted by Crippen LogP contribution is 2.26. The van der Waals surface area contributed by atoms with E-state index in [9.17, 15) is 4.79 Å². The minimum Gasteiger partial charge on any atom is -0.379 e. The molecule has 1 N–H and O–H groups in total. The van der Waals surface area contributed by atoms with Gasteiger partial charge in [0.05, 0.1) is 23.4 Å². The van der Waals surface area contributed by atoms with Gasteiger partial charge < -0.3 is 10.1 Å². The number of aromatic nitrogens is 1. The lowest BCUT2D eigenvalue weighted by Crippen LogP contribution is -2.41. The Morgan fingerprint density at radius 1 is 1.43 bits per heavy atom. The van der Waals surface area contributed by atoms with Crippen LogP contribution in [0.1, 0.15) is 10.4 Å². The van der Waals surface area contributed by atoms with E-state index in [4.69, 9.17) is 16.3 Å². The summed E-state index contributed by atoms with van der Waals surface area (Å²) in [5.74, 6) is -0.0605. The van der Waals surface area contributed by atoms with Crippen molar-refractivity contribution in [1.82, 2.24) is 15.2 Å². The molecule has 7 heteroatoms. The summed E-state index contributed by atoms with van der Waals surface area (Å²) in [6.45, 7) is 4.90. The Morgan fingerprint density at radius 3 is 3.05 bits per heavy atom. The number of carbonyl (C=O) groups excluding carboxylic acids is 1. The highest BCUT2D eigenvalue weighted by molar-refractivity contribution is 7.22. The second kappa shape index (κ2) is 6.70. The molecule has 0 radical (unpaired) electrons. The fourth-order valence-electron chi connectivity index (χ4n) is 2.29. The summed E-state index contributed by atoms with van der Waals surface area (Å²) in [6.07, 6.45) is 0. The van der Waals surface area contributed by atoms with Crippen LogP contribution < -0.4 is 5.32 Å². The topological polar surface area (TPSA) is 54.5 Å². The summed E-state index contributed by atoms with van der Waals surface area (Å²) in [5.41, 5.74) is 1.47. The van der Waals surface area contributed by atoms with E-state index in [1.54, 1.807) is 6.07 Å². The van der Waals surface area contributed by atoms with Crippen LogP contribution in [-0.2, 0) is 4.74 Å². The van der Waals surface area contributed by atoms with Crippen molar-refractivity contribution in [3.8, 4) is 0 Å². The maximum atomic E-state index is 12.1. The van der Waals surface area contributed by atoms with Gasteiger partial charge in [-0.3, -0.25) is 9.69 Å². The second-order valence-electron chi connectivity index (χ2n) is 4.86. The van der Waals surface area contributed by atoms with Gasteiger partial charge in [0, 0.05) is 31.7 Å². The van der Waals surface area contributed by atoms with Crippen molar-refractivity contribution in [3.63, 3.8) is 0 Å². The van der Waals surface area contributed by atoms with Crippen molar-refractivity contribution in [2.45, 2.75) is 0 Å². The molecule has 0 unspecified atom stereocenters. The van der Waals surface area contributed by atoms with Crippen molar-refractivity contribution in [3.05, 3.63) is 28.2 Å². The first kappa shape index (κ1) is 14.7. The van der Waals surface area contributed by atoms with Crippen LogP contribution >= 0.6 is 22.9 Å². The lowest BCUT2D eigenvalue weighted by Gasteiger charge is -2.26. The molecule has 0 atom stereocenters. The Bertz CT molecular complexity index is 640. The summed E-state index contributed by atoms with van der Waals surface area (Å²) in [7, 11) is 0. The van der Waals surface area contributed by atoms with Crippen molar-refractivity contribution < 1.29 is 9.53 Å². The van der Waals surface area contributed by atoms with Crippen LogP contribution in [0.3, 0.4) is 0 Å². The predicted octanol–water partition coefficient (Wildman–Crippen LogP) is 2.01. The lowest BCUT2D eigenvalue weighted by molar-refractivity contribution is 0.0383. The van der Waals surface area contributed by atoms with Crippen LogP contribution in [-0.4, -0.2) is 55.2 Å². The summed E-state index contributed by atoms with van der Waals surface area (Å²) < 4.78 is 6.72. The number of hydrogen-bond donors (Lipinski definition) is 1. The zero-order valence-electron chi connectivity index (χ0n) is 11.5. The molecule has 1 aliphatic rings. The molecule has 0 aliphatic carbocycles. The Hall–Kier alpha value is -1.21. The maximum absolute atomic E-state index is 12.1. The maximum Gasteiger partial charge on any atom is 0.251 e. The highest BCUT2D eigenvalue weighted by Gasteiger charge is 2.12. The average Bonchev–Trinajstić information content (AvgIpc) is 2.87. The van der Waals surface area contributed by atoms with Gasteiger partial charge in [0.1, 0.15) is 0 Å². The predicted molar refractivity (Wildman–Crippen MR) is 84.2 cm³/mol. The highest BCUT2D eigenvalue weighted by atomic mass is 35.5. The molecule has 2 heterocycles. The van der Waals surface area contributed by atoms with Gasteiger partial charge in [-0.2, -0.15) is 0 Å². The number of thiazole rings is 1. The number of carbonyl (C=O) groups is 1. The summed E-state index contributed by atoms with van der Waals surface area (Å²) in [6, 6.07) is 5.44. The van der Waals surface area contributed by atoms with E-state index in [0.717, 1.165) is 43.1 Å². The van der Waals surface area contributed by atoms with Crippen molar-refractivity contribution >= 4 is 39.1 Å². The van der Waals surface area contributed by atoms with Crippen LogP contribution in [0.4, 0.5) is 0 Å². The first-order valence-electron chi connectivity index (χ1n) is 6.87. The smallest absolute Gasteiger partial charge is 0.251 e. The molecule has 2 aromatic rings. The number of hydrogen-bond acceptors (Lipinski definition) is 5. The molecule has 1 saturated heterocycles. The number of ether oxygens (including phenoxy) is 1. The Kier molecular flexibility index (Phi) is 4.70. The van der Waals surface area contributed by atoms with Gasteiger partial charge in [0.25, 0.3) is 5.91 Å². The summed E-state index contributed by atoms with van der Waals surface area (Å²) >= 11 is 7.26. The standard InChI is InChI=1S/C14H16ClN3O2S/c15-14-17-11-2-1-10(9-12(11)21-14)13(19)16-3-4-18-5-7-20-8-6-18/h1-2,9H,3-8H2,(H,16,19). The summed E-state index contributed by atoms with van der Waals surface area (Å²) in [4.78, 5) is 18.6. The van der Waals surface area contributed by atoms with E-state index in [1.807, 2.05) is 12.1 Å². The molecule has 1 fully saturated rings. The number of rotatable bonds is 4. The van der Waals surface area contributed by atoms with Gasteiger partial charge in [-0.25, -0.2) is 4.98 Å². The van der Waals surface area contributed by atoms with Crippen LogP contribution in [0, 0.1) is 0 Å². The molecule has 112 valence electrons. The third-order valence-electron chi connectivity index (χ3n) is 3.44. The molecule has 1 amide bonds. The summed E-state index contributed by atoms with van der Waals surface area (Å²) in [5, 5.41) is 2.95. The van der Waals surface area contributed by atoms with Gasteiger partial charge in [0.15, 0.2) is 4.47 Å². The van der Waals surface area contributed by atoms with Crippen molar-refractivity contribution in [1.29, 1.82) is 0 Å². The van der Waals surface area contributed by atoms with E-state index >= 15 is 0 Å². The molecule has 3 rings (SSSR count). The van der Waals surface area contributed by atoms with Gasteiger partial charge >= 0.3 is 0 Å². The molecular weight excluding hydrogens is 310 g/mol. The van der Waals surface area contributed by atoms with Gasteiger partial charge in [-0.1, -0.05) is 11.6 Å². The number of benzene rings is 1. The molecule has 0 spiro atoms. The first-order chi connectivity index (χ1) is 10.2. The van der Waals surface area contributed by atoms with E-state index in [2.05, 4.69) is 15.2 Å². The number of amides is 1. The van der Waals surface area contributed by atoms with Gasteiger partial charge in [-0.15, -0.1) is 11.3 Å². The Labute approximate surface area is 131 Å². The second-order valence-corrected chi connectivity index (χ2v) is 6.47. The molecule has 0 saturated carbocycles. The monoisotopic (exact) mass is 325 g/mol. The Morgan fingerprint density at radius 2 is 2.24 bits per heavy atom. The molecular formula is C14H16ClN3O2S. The number of nitrogens with one attached hydrogen (secondary N) is 1. The number of nitrogens with zero attached hydrogens (tertiary/aromatic N) is 2. The van der Waals surface area contributed by atoms with Crippen LogP contribution in [0.25, 0.3) is 10.2 Å². The van der Waals surface area contributed by atoms with E-state index in [1.165, 1.54) is 11.3 Å². The molecule has 1 aromatic carbocycles. The van der Waals surface area contributed by atoms with Crippen molar-refractivity contribution in [2.75, 3.05) is 39.4 Å². The number of morpholine rings is 1. The van der Waals surface area contributed by atoms with Crippen molar-refractivity contribution in [2.24, 2.45) is 0 Å². The number of fused-ring (bicyclic) bond motifs is 1. The third-order valence-corrected chi connectivity index (χ3v) is 4.56. The van der Waals surface area contributed by atoms with Gasteiger partial charge in [-0.05, 0) is 18.2 Å². The minimum absolute atomic E-state index is 0.0605. The van der Waals surface area contributed by atoms with E-state index in [0.29, 0.717) is 16.6 Å². The first-order valence-corrected chi connectivity index (χ1v) is 8.06. The molecule has 1 aromatic heterocycles. The SMILES string of the molecule is O=C(NCCN1CCOCC1)c1ccc2nc(Cl)sc2c1. The van der Waals surface area contributed by atoms with E-state index < -0.39 is 0 Å². The van der Waals surface area contributed by atoms with Gasteiger partial charge in [0.2, 0.25) is 0 Å². The Balaban J connectivity index is 1.55. The minimum atomic E-state index is -0.0605. The average molecular weight is 326 g/mol. The fraction of sp³-hybridized carbons (Fsp3) is 0.429. The van der Waals surface area contributed by atoms with E-state index in [-0.39, 0.29) is 5.91 Å². The quantitative estimate of drug-likeness (QED) is 0.934.